The number of piperidine rings is 1. The number of aliphatic hydroxyl groups is 1. The average Bonchev–Trinajstić information content (AvgIpc) is 2.84. The Hall–Kier alpha value is -0.980. The van der Waals surface area contributed by atoms with Gasteiger partial charge in [0, 0.05) is 13.2 Å². The third-order valence-electron chi connectivity index (χ3n) is 3.37. The van der Waals surface area contributed by atoms with E-state index in [1.54, 1.807) is 0 Å². The van der Waals surface area contributed by atoms with Crippen molar-refractivity contribution < 1.29 is 14.4 Å². The number of nitrogens with zero attached hydrogens (tertiary/aromatic N) is 3. The van der Waals surface area contributed by atoms with Crippen molar-refractivity contribution in [3.05, 3.63) is 11.7 Å². The predicted molar refractivity (Wildman–Crippen MR) is 74.0 cm³/mol. The Kier molecular flexibility index (Phi) is 5.51. The minimum atomic E-state index is -0.237. The van der Waals surface area contributed by atoms with E-state index >= 15 is 0 Å². The maximum atomic E-state index is 9.64. The molecular weight excluding hydrogens is 258 g/mol. The van der Waals surface area contributed by atoms with Crippen LogP contribution in [0.2, 0.25) is 0 Å². The van der Waals surface area contributed by atoms with Crippen LogP contribution in [0.3, 0.4) is 0 Å². The van der Waals surface area contributed by atoms with Gasteiger partial charge in [0.1, 0.15) is 6.10 Å². The van der Waals surface area contributed by atoms with Gasteiger partial charge in [-0.1, -0.05) is 19.0 Å². The molecule has 1 fully saturated rings. The minimum Gasteiger partial charge on any atom is -0.392 e. The summed E-state index contributed by atoms with van der Waals surface area (Å²) in [6.45, 7) is 9.07. The monoisotopic (exact) mass is 283 g/mol. The van der Waals surface area contributed by atoms with Crippen molar-refractivity contribution in [1.82, 2.24) is 15.0 Å². The molecule has 114 valence electrons. The van der Waals surface area contributed by atoms with Gasteiger partial charge in [-0.15, -0.1) is 0 Å². The maximum Gasteiger partial charge on any atom is 0.240 e. The fourth-order valence-corrected chi connectivity index (χ4v) is 2.27. The maximum absolute atomic E-state index is 9.64. The molecule has 1 aliphatic rings. The van der Waals surface area contributed by atoms with E-state index in [0.717, 1.165) is 19.4 Å². The lowest BCUT2D eigenvalue weighted by molar-refractivity contribution is 0.0402. The molecule has 0 saturated carbocycles. The van der Waals surface area contributed by atoms with E-state index in [-0.39, 0.29) is 12.2 Å². The SMILES string of the molecule is CC(C)COC(C)c1noc(CN2CCCC(O)C2)n1. The van der Waals surface area contributed by atoms with Crippen LogP contribution in [0.15, 0.2) is 4.52 Å². The number of likely N-dealkylation sites (tertiary alicyclic amines) is 1. The van der Waals surface area contributed by atoms with Crippen LogP contribution in [0.25, 0.3) is 0 Å². The van der Waals surface area contributed by atoms with Crippen LogP contribution in [0.5, 0.6) is 0 Å². The number of hydrogen-bond acceptors (Lipinski definition) is 6. The molecule has 2 atom stereocenters. The molecule has 0 aromatic carbocycles. The zero-order valence-corrected chi connectivity index (χ0v) is 12.6. The highest BCUT2D eigenvalue weighted by Crippen LogP contribution is 2.17. The molecular formula is C14H25N3O3. The summed E-state index contributed by atoms with van der Waals surface area (Å²) < 4.78 is 10.9. The topological polar surface area (TPSA) is 71.6 Å². The fourth-order valence-electron chi connectivity index (χ4n) is 2.27. The van der Waals surface area contributed by atoms with Gasteiger partial charge in [0.2, 0.25) is 5.89 Å². The summed E-state index contributed by atoms with van der Waals surface area (Å²) in [6.07, 6.45) is 1.50. The second-order valence-electron chi connectivity index (χ2n) is 5.95. The summed E-state index contributed by atoms with van der Waals surface area (Å²) in [4.78, 5) is 6.53. The molecule has 2 unspecified atom stereocenters. The van der Waals surface area contributed by atoms with Gasteiger partial charge >= 0.3 is 0 Å². The Morgan fingerprint density at radius 2 is 2.25 bits per heavy atom. The number of ether oxygens (including phenoxy) is 1. The van der Waals surface area contributed by atoms with Crippen LogP contribution in [-0.4, -0.2) is 45.9 Å². The van der Waals surface area contributed by atoms with Gasteiger partial charge in [-0.05, 0) is 32.2 Å². The molecule has 2 heterocycles. The van der Waals surface area contributed by atoms with Crippen molar-refractivity contribution in [2.75, 3.05) is 19.7 Å². The molecule has 20 heavy (non-hydrogen) atoms. The Bertz CT molecular complexity index is 408. The number of aromatic nitrogens is 2. The summed E-state index contributed by atoms with van der Waals surface area (Å²) >= 11 is 0. The standard InChI is InChI=1S/C14H25N3O3/c1-10(2)9-19-11(3)14-15-13(20-16-14)8-17-6-4-5-12(18)7-17/h10-12,18H,4-9H2,1-3H3. The molecule has 0 spiro atoms. The lowest BCUT2D eigenvalue weighted by Gasteiger charge is -2.28. The highest BCUT2D eigenvalue weighted by Gasteiger charge is 2.21. The lowest BCUT2D eigenvalue weighted by Crippen LogP contribution is -2.37. The number of hydrogen-bond donors (Lipinski definition) is 1. The first-order valence-electron chi connectivity index (χ1n) is 7.39. The normalized spacial score (nSPS) is 22.4. The van der Waals surface area contributed by atoms with Gasteiger partial charge in [-0.3, -0.25) is 4.90 Å². The van der Waals surface area contributed by atoms with E-state index in [0.29, 0.717) is 37.3 Å². The smallest absolute Gasteiger partial charge is 0.240 e. The van der Waals surface area contributed by atoms with Gasteiger partial charge in [-0.25, -0.2) is 0 Å². The quantitative estimate of drug-likeness (QED) is 0.857. The largest absolute Gasteiger partial charge is 0.392 e. The summed E-state index contributed by atoms with van der Waals surface area (Å²) in [7, 11) is 0. The second-order valence-corrected chi connectivity index (χ2v) is 5.95. The summed E-state index contributed by atoms with van der Waals surface area (Å²) in [5.74, 6) is 1.67. The number of β-amino-alcohol motifs (C(OH)–C–C–N with tert-alkyl or cyclic N) is 1. The number of aliphatic hydroxyl groups excluding tert-OH is 1. The Balaban J connectivity index is 1.85. The summed E-state index contributed by atoms with van der Waals surface area (Å²) in [5, 5.41) is 13.6. The van der Waals surface area contributed by atoms with Crippen molar-refractivity contribution in [1.29, 1.82) is 0 Å². The van der Waals surface area contributed by atoms with Gasteiger partial charge < -0.3 is 14.4 Å². The van der Waals surface area contributed by atoms with Crippen LogP contribution in [0.1, 0.15) is 51.4 Å². The molecule has 1 saturated heterocycles. The molecule has 2 rings (SSSR count). The van der Waals surface area contributed by atoms with Gasteiger partial charge in [0.25, 0.3) is 0 Å². The number of rotatable bonds is 6. The van der Waals surface area contributed by atoms with Crippen LogP contribution >= 0.6 is 0 Å². The molecule has 0 radical (unpaired) electrons. The van der Waals surface area contributed by atoms with Crippen LogP contribution in [0.4, 0.5) is 0 Å². The highest BCUT2D eigenvalue weighted by atomic mass is 16.5. The first kappa shape index (κ1) is 15.4. The summed E-state index contributed by atoms with van der Waals surface area (Å²) in [6, 6.07) is 0. The van der Waals surface area contributed by atoms with Crippen LogP contribution in [-0.2, 0) is 11.3 Å². The molecule has 0 amide bonds. The third-order valence-corrected chi connectivity index (χ3v) is 3.37. The minimum absolute atomic E-state index is 0.151. The van der Waals surface area contributed by atoms with Crippen molar-refractivity contribution in [2.24, 2.45) is 5.92 Å². The van der Waals surface area contributed by atoms with E-state index in [9.17, 15) is 5.11 Å². The van der Waals surface area contributed by atoms with Gasteiger partial charge in [-0.2, -0.15) is 4.98 Å². The van der Waals surface area contributed by atoms with E-state index in [4.69, 9.17) is 9.26 Å². The van der Waals surface area contributed by atoms with Crippen LogP contribution in [0, 0.1) is 5.92 Å². The lowest BCUT2D eigenvalue weighted by atomic mass is 10.1. The van der Waals surface area contributed by atoms with Crippen molar-refractivity contribution >= 4 is 0 Å². The Morgan fingerprint density at radius 1 is 1.45 bits per heavy atom. The molecule has 0 bridgehead atoms. The summed E-state index contributed by atoms with van der Waals surface area (Å²) in [5.41, 5.74) is 0. The second kappa shape index (κ2) is 7.15. The average molecular weight is 283 g/mol. The Labute approximate surface area is 120 Å². The van der Waals surface area contributed by atoms with Crippen molar-refractivity contribution in [3.63, 3.8) is 0 Å². The highest BCUT2D eigenvalue weighted by molar-refractivity contribution is 4.90. The van der Waals surface area contributed by atoms with Gasteiger partial charge in [0.05, 0.1) is 12.6 Å². The van der Waals surface area contributed by atoms with E-state index in [1.807, 2.05) is 6.92 Å². The molecule has 0 aliphatic carbocycles. The zero-order valence-electron chi connectivity index (χ0n) is 12.6. The van der Waals surface area contributed by atoms with E-state index < -0.39 is 0 Å². The molecule has 1 aliphatic heterocycles. The predicted octanol–water partition coefficient (Wildman–Crippen LogP) is 1.76. The first-order valence-corrected chi connectivity index (χ1v) is 7.39. The van der Waals surface area contributed by atoms with E-state index in [2.05, 4.69) is 28.9 Å². The fraction of sp³-hybridized carbons (Fsp3) is 0.857. The van der Waals surface area contributed by atoms with Gasteiger partial charge in [0.15, 0.2) is 5.82 Å². The van der Waals surface area contributed by atoms with Crippen molar-refractivity contribution in [3.8, 4) is 0 Å². The molecule has 6 heteroatoms. The third kappa shape index (κ3) is 4.54. The van der Waals surface area contributed by atoms with Crippen molar-refractivity contribution in [2.45, 2.75) is 52.4 Å². The molecule has 1 aromatic rings. The molecule has 1 aromatic heterocycles. The zero-order chi connectivity index (χ0) is 14.5. The first-order chi connectivity index (χ1) is 9.54. The molecule has 6 nitrogen and oxygen atoms in total. The molecule has 1 N–H and O–H groups in total. The van der Waals surface area contributed by atoms with Crippen LogP contribution < -0.4 is 0 Å². The van der Waals surface area contributed by atoms with E-state index in [1.165, 1.54) is 0 Å². The Morgan fingerprint density at radius 3 is 2.95 bits per heavy atom.